The topological polar surface area (TPSA) is 110 Å². The fourth-order valence-corrected chi connectivity index (χ4v) is 11.7. The molecule has 0 aromatic carbocycles. The lowest BCUT2D eigenvalue weighted by molar-refractivity contribution is -0.254. The summed E-state index contributed by atoms with van der Waals surface area (Å²) in [4.78, 5) is 37.7. The highest BCUT2D eigenvalue weighted by Gasteiger charge is 2.73. The number of aliphatic hydroxyl groups is 1. The molecular formula is C34H52O7. The van der Waals surface area contributed by atoms with Gasteiger partial charge in [0.05, 0.1) is 11.0 Å². The van der Waals surface area contributed by atoms with Gasteiger partial charge in [-0.25, -0.2) is 0 Å². The smallest absolute Gasteiger partial charge is 0.310 e. The van der Waals surface area contributed by atoms with Crippen LogP contribution in [0.5, 0.6) is 0 Å². The standard InChI is InChI=1S/C34H52O7/c1-19-12-15-34(28(37)38)17-16-31(7)22(26(34)33(19,9)39)10-11-24-30(6)14-13-25(41-21(3)36)29(4,5)27(30)23(40-20(2)35)18-32(24,31)8/h10,19,23-27,39H,11-18H2,1-9H3,(H,37,38)/t19-,23-,24-,25+,26-,27+,30-,31-,32-,33-,34+/m1/s1. The summed E-state index contributed by atoms with van der Waals surface area (Å²) in [6.45, 7) is 18.2. The summed E-state index contributed by atoms with van der Waals surface area (Å²) >= 11 is 0. The molecule has 5 rings (SSSR count). The van der Waals surface area contributed by atoms with Gasteiger partial charge in [-0.15, -0.1) is 0 Å². The van der Waals surface area contributed by atoms with E-state index in [2.05, 4.69) is 47.6 Å². The first-order valence-corrected chi connectivity index (χ1v) is 15.8. The van der Waals surface area contributed by atoms with E-state index >= 15 is 0 Å². The lowest BCUT2D eigenvalue weighted by atomic mass is 9.32. The third kappa shape index (κ3) is 3.95. The maximum absolute atomic E-state index is 13.0. The average Bonchev–Trinajstić information content (AvgIpc) is 2.83. The molecule has 0 unspecified atom stereocenters. The molecular weight excluding hydrogens is 520 g/mol. The Morgan fingerprint density at radius 2 is 1.54 bits per heavy atom. The summed E-state index contributed by atoms with van der Waals surface area (Å²) in [6, 6.07) is 0. The fraction of sp³-hybridized carbons (Fsp3) is 0.853. The predicted molar refractivity (Wildman–Crippen MR) is 155 cm³/mol. The van der Waals surface area contributed by atoms with Gasteiger partial charge in [-0.2, -0.15) is 0 Å². The molecule has 0 radical (unpaired) electrons. The molecule has 5 aliphatic rings. The van der Waals surface area contributed by atoms with Gasteiger partial charge in [0, 0.05) is 31.1 Å². The minimum atomic E-state index is -1.13. The number of rotatable bonds is 3. The molecule has 4 saturated carbocycles. The van der Waals surface area contributed by atoms with Crippen LogP contribution >= 0.6 is 0 Å². The largest absolute Gasteiger partial charge is 0.481 e. The van der Waals surface area contributed by atoms with Crippen molar-refractivity contribution in [2.45, 2.75) is 131 Å². The Balaban J connectivity index is 1.66. The van der Waals surface area contributed by atoms with Crippen LogP contribution in [-0.2, 0) is 23.9 Å². The van der Waals surface area contributed by atoms with E-state index in [1.165, 1.54) is 13.8 Å². The second-order valence-electron chi connectivity index (χ2n) is 16.1. The molecule has 7 heteroatoms. The number of aliphatic carboxylic acids is 1. The molecule has 7 nitrogen and oxygen atoms in total. The third-order valence-corrected chi connectivity index (χ3v) is 13.9. The van der Waals surface area contributed by atoms with Gasteiger partial charge in [0.25, 0.3) is 0 Å². The predicted octanol–water partition coefficient (Wildman–Crippen LogP) is 6.32. The van der Waals surface area contributed by atoms with Gasteiger partial charge in [0.1, 0.15) is 12.2 Å². The first-order chi connectivity index (χ1) is 18.8. The maximum atomic E-state index is 13.0. The van der Waals surface area contributed by atoms with Crippen molar-refractivity contribution in [3.63, 3.8) is 0 Å². The molecule has 0 bridgehead atoms. The lowest BCUT2D eigenvalue weighted by Gasteiger charge is -2.72. The van der Waals surface area contributed by atoms with Gasteiger partial charge in [-0.05, 0) is 86.4 Å². The number of fused-ring (bicyclic) bond motifs is 7. The van der Waals surface area contributed by atoms with Crippen molar-refractivity contribution in [1.29, 1.82) is 0 Å². The zero-order chi connectivity index (χ0) is 30.6. The average molecular weight is 573 g/mol. The van der Waals surface area contributed by atoms with Crippen LogP contribution in [0.25, 0.3) is 0 Å². The van der Waals surface area contributed by atoms with E-state index in [1.807, 2.05) is 6.92 Å². The first-order valence-electron chi connectivity index (χ1n) is 15.8. The number of carbonyl (C=O) groups is 3. The van der Waals surface area contributed by atoms with Crippen molar-refractivity contribution in [2.24, 2.45) is 50.7 Å². The molecule has 0 aromatic rings. The highest BCUT2D eigenvalue weighted by Crippen LogP contribution is 2.76. The first kappa shape index (κ1) is 30.6. The molecule has 5 aliphatic carbocycles. The summed E-state index contributed by atoms with van der Waals surface area (Å²) in [7, 11) is 0. The van der Waals surface area contributed by atoms with E-state index in [0.29, 0.717) is 25.7 Å². The van der Waals surface area contributed by atoms with Crippen LogP contribution in [0.1, 0.15) is 114 Å². The van der Waals surface area contributed by atoms with Gasteiger partial charge in [0.2, 0.25) is 0 Å². The summed E-state index contributed by atoms with van der Waals surface area (Å²) in [5, 5.41) is 22.7. The van der Waals surface area contributed by atoms with Crippen LogP contribution in [0.4, 0.5) is 0 Å². The monoisotopic (exact) mass is 572 g/mol. The molecule has 230 valence electrons. The molecule has 41 heavy (non-hydrogen) atoms. The number of carbonyl (C=O) groups excluding carboxylic acids is 2. The van der Waals surface area contributed by atoms with Crippen LogP contribution in [-0.4, -0.2) is 45.9 Å². The summed E-state index contributed by atoms with van der Waals surface area (Å²) < 4.78 is 12.1. The molecule has 0 aliphatic heterocycles. The molecule has 2 N–H and O–H groups in total. The van der Waals surface area contributed by atoms with Gasteiger partial charge in [0.15, 0.2) is 0 Å². The quantitative estimate of drug-likeness (QED) is 0.301. The second-order valence-corrected chi connectivity index (χ2v) is 16.1. The molecule has 0 amide bonds. The highest BCUT2D eigenvalue weighted by atomic mass is 16.6. The summed E-state index contributed by atoms with van der Waals surface area (Å²) in [5.74, 6) is -1.58. The summed E-state index contributed by atoms with van der Waals surface area (Å²) in [6.07, 6.45) is 7.31. The number of ether oxygens (including phenoxy) is 2. The van der Waals surface area contributed by atoms with E-state index in [-0.39, 0.29) is 58.1 Å². The Kier molecular flexibility index (Phi) is 6.94. The van der Waals surface area contributed by atoms with Crippen molar-refractivity contribution in [2.75, 3.05) is 0 Å². The number of hydrogen-bond acceptors (Lipinski definition) is 6. The van der Waals surface area contributed by atoms with E-state index in [9.17, 15) is 24.6 Å². The van der Waals surface area contributed by atoms with Gasteiger partial charge >= 0.3 is 17.9 Å². The molecule has 11 atom stereocenters. The van der Waals surface area contributed by atoms with E-state index in [1.54, 1.807) is 0 Å². The van der Waals surface area contributed by atoms with Gasteiger partial charge in [-0.3, -0.25) is 14.4 Å². The van der Waals surface area contributed by atoms with E-state index in [0.717, 1.165) is 31.3 Å². The number of carboxylic acid groups (broad SMARTS) is 1. The van der Waals surface area contributed by atoms with Crippen LogP contribution in [0.15, 0.2) is 11.6 Å². The SMILES string of the molecule is CC(=O)O[C@H]1CC[C@]2(C)[C@H]3CC=C4[C@H]5[C@](C(=O)O)(CC[C@@H](C)[C@@]5(C)O)CC[C@@]4(C)[C@]3(C)C[C@@H](OC(C)=O)[C@H]2C1(C)C. The number of carboxylic acids is 1. The molecule has 4 fully saturated rings. The van der Waals surface area contributed by atoms with E-state index in [4.69, 9.17) is 9.47 Å². The van der Waals surface area contributed by atoms with Crippen molar-refractivity contribution in [3.05, 3.63) is 11.6 Å². The molecule has 0 aromatic heterocycles. The zero-order valence-electron chi connectivity index (χ0n) is 26.6. The highest BCUT2D eigenvalue weighted by molar-refractivity contribution is 5.77. The second kappa shape index (κ2) is 9.30. The fourth-order valence-electron chi connectivity index (χ4n) is 11.7. The van der Waals surface area contributed by atoms with E-state index < -0.39 is 28.3 Å². The van der Waals surface area contributed by atoms with Gasteiger partial charge < -0.3 is 19.7 Å². The van der Waals surface area contributed by atoms with Crippen molar-refractivity contribution >= 4 is 17.9 Å². The molecule has 0 saturated heterocycles. The lowest BCUT2D eigenvalue weighted by Crippen LogP contribution is -2.70. The van der Waals surface area contributed by atoms with Crippen LogP contribution < -0.4 is 0 Å². The molecule has 0 heterocycles. The summed E-state index contributed by atoms with van der Waals surface area (Å²) in [5.41, 5.74) is -2.23. The minimum Gasteiger partial charge on any atom is -0.481 e. The third-order valence-electron chi connectivity index (χ3n) is 13.9. The molecule has 0 spiro atoms. The normalized spacial score (nSPS) is 50.1. The van der Waals surface area contributed by atoms with Crippen LogP contribution in [0.3, 0.4) is 0 Å². The van der Waals surface area contributed by atoms with Crippen LogP contribution in [0, 0.1) is 50.7 Å². The Labute approximate surface area is 245 Å². The Bertz CT molecular complexity index is 1170. The maximum Gasteiger partial charge on any atom is 0.310 e. The van der Waals surface area contributed by atoms with Crippen LogP contribution in [0.2, 0.25) is 0 Å². The van der Waals surface area contributed by atoms with Gasteiger partial charge in [-0.1, -0.05) is 53.2 Å². The van der Waals surface area contributed by atoms with Crippen molar-refractivity contribution in [3.8, 4) is 0 Å². The minimum absolute atomic E-state index is 0.00634. The number of esters is 2. The Morgan fingerprint density at radius 3 is 2.12 bits per heavy atom. The Hall–Kier alpha value is -1.89. The van der Waals surface area contributed by atoms with Crippen molar-refractivity contribution < 1.29 is 34.1 Å². The number of allylic oxidation sites excluding steroid dienone is 1. The Morgan fingerprint density at radius 1 is 0.902 bits per heavy atom. The number of hydrogen-bond donors (Lipinski definition) is 2. The van der Waals surface area contributed by atoms with Crippen molar-refractivity contribution in [1.82, 2.24) is 0 Å². The zero-order valence-corrected chi connectivity index (χ0v) is 26.6.